The van der Waals surface area contributed by atoms with Crippen LogP contribution in [0.1, 0.15) is 30.9 Å². The van der Waals surface area contributed by atoms with E-state index in [0.717, 1.165) is 21.7 Å². The number of rotatable bonds is 13. The number of likely N-dealkylation sites (N-methyl/N-ethyl adjacent to an activating group) is 1. The van der Waals surface area contributed by atoms with Gasteiger partial charge in [0.2, 0.25) is 21.8 Å². The summed E-state index contributed by atoms with van der Waals surface area (Å²) in [6, 6.07) is 20.4. The minimum absolute atomic E-state index is 0.000148. The van der Waals surface area contributed by atoms with Crippen LogP contribution in [-0.2, 0) is 32.6 Å². The van der Waals surface area contributed by atoms with Crippen LogP contribution in [0, 0.1) is 0 Å². The number of benzene rings is 3. The monoisotopic (exact) mass is 623 g/mol. The first-order chi connectivity index (χ1) is 19.0. The van der Waals surface area contributed by atoms with Gasteiger partial charge < -0.3 is 10.2 Å². The van der Waals surface area contributed by atoms with Crippen LogP contribution in [0.25, 0.3) is 0 Å². The lowest BCUT2D eigenvalue weighted by atomic mass is 10.0. The Morgan fingerprint density at radius 3 is 2.23 bits per heavy atom. The van der Waals surface area contributed by atoms with Crippen LogP contribution in [-0.4, -0.2) is 50.5 Å². The summed E-state index contributed by atoms with van der Waals surface area (Å²) in [4.78, 5) is 28.6. The molecule has 0 unspecified atom stereocenters. The molecular weight excluding hydrogens is 593 g/mol. The molecule has 1 atom stereocenters. The molecule has 7 nitrogen and oxygen atoms in total. The molecule has 0 saturated heterocycles. The standard InChI is InChI=1S/C29H32Cl3N3O4S/c1-3-33-29(37)27(18-21-9-5-4-6-10-21)34(20-22-11-7-12-23(30)17-22)28(36)13-8-16-35(40(2,38)39)26-19-24(31)14-15-25(26)32/h4-7,9-12,14-15,17,19,27H,3,8,13,16,18,20H2,1-2H3,(H,33,37)/t27-/m1/s1. The van der Waals surface area contributed by atoms with Gasteiger partial charge in [-0.15, -0.1) is 0 Å². The van der Waals surface area contributed by atoms with Crippen LogP contribution in [0.15, 0.2) is 72.8 Å². The van der Waals surface area contributed by atoms with Gasteiger partial charge in [-0.25, -0.2) is 8.42 Å². The molecule has 0 spiro atoms. The molecule has 3 aromatic rings. The molecule has 0 bridgehead atoms. The predicted octanol–water partition coefficient (Wildman–Crippen LogP) is 5.97. The summed E-state index contributed by atoms with van der Waals surface area (Å²) in [6.07, 6.45) is 1.57. The van der Waals surface area contributed by atoms with Crippen molar-refractivity contribution in [1.82, 2.24) is 10.2 Å². The molecule has 0 fully saturated rings. The Kier molecular flexibility index (Phi) is 11.7. The third kappa shape index (κ3) is 9.13. The fraction of sp³-hybridized carbons (Fsp3) is 0.310. The van der Waals surface area contributed by atoms with Gasteiger partial charge >= 0.3 is 0 Å². The Balaban J connectivity index is 1.88. The first kappa shape index (κ1) is 31.7. The molecule has 0 aliphatic heterocycles. The number of halogens is 3. The minimum atomic E-state index is -3.72. The van der Waals surface area contributed by atoms with E-state index in [9.17, 15) is 18.0 Å². The minimum Gasteiger partial charge on any atom is -0.355 e. The Bertz CT molecular complexity index is 1420. The van der Waals surface area contributed by atoms with Gasteiger partial charge in [-0.2, -0.15) is 0 Å². The summed E-state index contributed by atoms with van der Waals surface area (Å²) in [5.74, 6) is -0.567. The molecule has 2 amide bonds. The largest absolute Gasteiger partial charge is 0.355 e. The maximum absolute atomic E-state index is 13.8. The Morgan fingerprint density at radius 1 is 0.900 bits per heavy atom. The van der Waals surface area contributed by atoms with E-state index in [4.69, 9.17) is 34.8 Å². The van der Waals surface area contributed by atoms with Crippen molar-refractivity contribution in [3.05, 3.63) is 99.0 Å². The lowest BCUT2D eigenvalue weighted by molar-refractivity contribution is -0.141. The van der Waals surface area contributed by atoms with Gasteiger partial charge in [0.1, 0.15) is 6.04 Å². The molecular formula is C29H32Cl3N3O4S. The van der Waals surface area contributed by atoms with E-state index in [0.29, 0.717) is 23.0 Å². The van der Waals surface area contributed by atoms with Gasteiger partial charge in [-0.1, -0.05) is 77.3 Å². The van der Waals surface area contributed by atoms with Crippen LogP contribution in [0.3, 0.4) is 0 Å². The smallest absolute Gasteiger partial charge is 0.243 e. The van der Waals surface area contributed by atoms with E-state index in [1.807, 2.05) is 43.3 Å². The summed E-state index contributed by atoms with van der Waals surface area (Å²) in [5.41, 5.74) is 1.91. The molecule has 3 aromatic carbocycles. The highest BCUT2D eigenvalue weighted by atomic mass is 35.5. The van der Waals surface area contributed by atoms with Crippen molar-refractivity contribution < 1.29 is 18.0 Å². The van der Waals surface area contributed by atoms with E-state index >= 15 is 0 Å². The maximum atomic E-state index is 13.8. The highest BCUT2D eigenvalue weighted by Gasteiger charge is 2.30. The van der Waals surface area contributed by atoms with Crippen LogP contribution in [0.2, 0.25) is 15.1 Å². The zero-order chi connectivity index (χ0) is 29.3. The fourth-order valence-corrected chi connectivity index (χ4v) is 5.96. The highest BCUT2D eigenvalue weighted by molar-refractivity contribution is 7.92. The summed E-state index contributed by atoms with van der Waals surface area (Å²) in [6.45, 7) is 2.39. The first-order valence-corrected chi connectivity index (χ1v) is 15.8. The van der Waals surface area contributed by atoms with Crippen molar-refractivity contribution in [1.29, 1.82) is 0 Å². The second-order valence-corrected chi connectivity index (χ2v) is 12.5. The number of hydrogen-bond donors (Lipinski definition) is 1. The van der Waals surface area contributed by atoms with Gasteiger partial charge in [0.15, 0.2) is 0 Å². The van der Waals surface area contributed by atoms with Crippen molar-refractivity contribution in [2.45, 2.75) is 38.8 Å². The number of nitrogens with zero attached hydrogens (tertiary/aromatic N) is 2. The van der Waals surface area contributed by atoms with Crippen molar-refractivity contribution in [2.24, 2.45) is 0 Å². The highest BCUT2D eigenvalue weighted by Crippen LogP contribution is 2.31. The Labute approximate surface area is 251 Å². The van der Waals surface area contributed by atoms with Crippen LogP contribution in [0.4, 0.5) is 5.69 Å². The Morgan fingerprint density at radius 2 is 1.57 bits per heavy atom. The second-order valence-electron chi connectivity index (χ2n) is 9.29. The zero-order valence-electron chi connectivity index (χ0n) is 22.3. The summed E-state index contributed by atoms with van der Waals surface area (Å²) < 4.78 is 26.4. The second kappa shape index (κ2) is 14.7. The lowest BCUT2D eigenvalue weighted by Crippen LogP contribution is -2.50. The maximum Gasteiger partial charge on any atom is 0.243 e. The molecule has 0 aliphatic carbocycles. The summed E-state index contributed by atoms with van der Waals surface area (Å²) in [5, 5.41) is 3.93. The van der Waals surface area contributed by atoms with Crippen molar-refractivity contribution in [3.63, 3.8) is 0 Å². The molecule has 0 aromatic heterocycles. The van der Waals surface area contributed by atoms with Gasteiger partial charge in [0.25, 0.3) is 0 Å². The molecule has 40 heavy (non-hydrogen) atoms. The van der Waals surface area contributed by atoms with Gasteiger partial charge in [0, 0.05) is 42.5 Å². The molecule has 0 heterocycles. The molecule has 0 radical (unpaired) electrons. The SMILES string of the molecule is CCNC(=O)[C@@H](Cc1ccccc1)N(Cc1cccc(Cl)c1)C(=O)CCCN(c1cc(Cl)ccc1Cl)S(C)(=O)=O. The molecule has 11 heteroatoms. The number of anilines is 1. The molecule has 214 valence electrons. The van der Waals surface area contributed by atoms with E-state index in [1.165, 1.54) is 12.1 Å². The number of sulfonamides is 1. The van der Waals surface area contributed by atoms with Gasteiger partial charge in [-0.05, 0) is 54.8 Å². The van der Waals surface area contributed by atoms with E-state index < -0.39 is 16.1 Å². The fourth-order valence-electron chi connectivity index (χ4n) is 4.34. The van der Waals surface area contributed by atoms with E-state index in [1.54, 1.807) is 29.2 Å². The van der Waals surface area contributed by atoms with Gasteiger partial charge in [0.05, 0.1) is 17.0 Å². The molecule has 0 aliphatic rings. The van der Waals surface area contributed by atoms with Crippen molar-refractivity contribution in [3.8, 4) is 0 Å². The summed E-state index contributed by atoms with van der Waals surface area (Å²) in [7, 11) is -3.72. The van der Waals surface area contributed by atoms with E-state index in [2.05, 4.69) is 5.32 Å². The summed E-state index contributed by atoms with van der Waals surface area (Å²) >= 11 is 18.6. The van der Waals surface area contributed by atoms with Gasteiger partial charge in [-0.3, -0.25) is 13.9 Å². The topological polar surface area (TPSA) is 86.8 Å². The predicted molar refractivity (Wildman–Crippen MR) is 163 cm³/mol. The molecule has 3 rings (SSSR count). The third-order valence-electron chi connectivity index (χ3n) is 6.19. The average Bonchev–Trinajstić information content (AvgIpc) is 2.90. The quantitative estimate of drug-likeness (QED) is 0.254. The number of nitrogens with one attached hydrogen (secondary N) is 1. The Hall–Kier alpha value is -2.78. The number of hydrogen-bond acceptors (Lipinski definition) is 4. The molecule has 0 saturated carbocycles. The average molecular weight is 625 g/mol. The van der Waals surface area contributed by atoms with Crippen molar-refractivity contribution in [2.75, 3.05) is 23.7 Å². The first-order valence-electron chi connectivity index (χ1n) is 12.8. The number of carbonyl (C=O) groups excluding carboxylic acids is 2. The van der Waals surface area contributed by atoms with Crippen LogP contribution < -0.4 is 9.62 Å². The zero-order valence-corrected chi connectivity index (χ0v) is 25.4. The number of amides is 2. The van der Waals surface area contributed by atoms with E-state index in [-0.39, 0.29) is 48.5 Å². The normalized spacial score (nSPS) is 12.0. The molecule has 1 N–H and O–H groups in total. The third-order valence-corrected chi connectivity index (χ3v) is 8.16. The lowest BCUT2D eigenvalue weighted by Gasteiger charge is -2.32. The van der Waals surface area contributed by atoms with Crippen LogP contribution >= 0.6 is 34.8 Å². The number of carbonyl (C=O) groups is 2. The van der Waals surface area contributed by atoms with Crippen LogP contribution in [0.5, 0.6) is 0 Å². The van der Waals surface area contributed by atoms with Crippen molar-refractivity contribution >= 4 is 62.3 Å².